The van der Waals surface area contributed by atoms with Gasteiger partial charge in [0, 0.05) is 30.0 Å². The molecule has 0 spiro atoms. The van der Waals surface area contributed by atoms with Crippen molar-refractivity contribution in [3.63, 3.8) is 0 Å². The van der Waals surface area contributed by atoms with E-state index in [9.17, 15) is 4.79 Å². The summed E-state index contributed by atoms with van der Waals surface area (Å²) in [5, 5.41) is 20.8. The third kappa shape index (κ3) is 5.00. The number of rotatable bonds is 8. The van der Waals surface area contributed by atoms with Crippen molar-refractivity contribution in [2.45, 2.75) is 19.6 Å². The Morgan fingerprint density at radius 2 is 1.79 bits per heavy atom. The number of halogens is 1. The molecule has 0 saturated carbocycles. The van der Waals surface area contributed by atoms with E-state index in [0.29, 0.717) is 36.1 Å². The lowest BCUT2D eigenvalue weighted by atomic mass is 10.1. The Labute approximate surface area is 221 Å². The monoisotopic (exact) mass is 524 g/mol. The second kappa shape index (κ2) is 10.2. The SMILES string of the molecule is O=c1ccccn1Cc1ccc(Cn2cc3c(NCc4cc(Cl)ccc4-n4cnnn4)ncnc3n2)cc1. The number of nitrogens with zero attached hydrogens (tertiary/aromatic N) is 9. The molecule has 188 valence electrons. The van der Waals surface area contributed by atoms with E-state index in [1.165, 1.54) is 12.7 Å². The van der Waals surface area contributed by atoms with Gasteiger partial charge in [0.25, 0.3) is 5.56 Å². The molecule has 4 aromatic heterocycles. The predicted molar refractivity (Wildman–Crippen MR) is 142 cm³/mol. The summed E-state index contributed by atoms with van der Waals surface area (Å²) in [5.41, 5.74) is 4.42. The molecule has 11 nitrogen and oxygen atoms in total. The van der Waals surface area contributed by atoms with Gasteiger partial charge in [-0.1, -0.05) is 41.9 Å². The van der Waals surface area contributed by atoms with Crippen LogP contribution in [0, 0.1) is 0 Å². The number of aromatic nitrogens is 9. The lowest BCUT2D eigenvalue weighted by Gasteiger charge is -2.11. The number of benzene rings is 2. The van der Waals surface area contributed by atoms with Gasteiger partial charge in [-0.2, -0.15) is 5.10 Å². The summed E-state index contributed by atoms with van der Waals surface area (Å²) < 4.78 is 5.11. The molecule has 0 aliphatic heterocycles. The fraction of sp³-hybridized carbons (Fsp3) is 0.115. The lowest BCUT2D eigenvalue weighted by Crippen LogP contribution is -2.18. The molecule has 0 amide bonds. The van der Waals surface area contributed by atoms with Crippen LogP contribution < -0.4 is 10.9 Å². The van der Waals surface area contributed by atoms with Gasteiger partial charge in [0.15, 0.2) is 5.65 Å². The molecule has 6 aromatic rings. The lowest BCUT2D eigenvalue weighted by molar-refractivity contribution is 0.692. The highest BCUT2D eigenvalue weighted by atomic mass is 35.5. The number of tetrazole rings is 1. The molecule has 38 heavy (non-hydrogen) atoms. The van der Waals surface area contributed by atoms with Gasteiger partial charge in [0.05, 0.1) is 24.2 Å². The number of hydrogen-bond acceptors (Lipinski definition) is 8. The van der Waals surface area contributed by atoms with Gasteiger partial charge in [-0.25, -0.2) is 14.6 Å². The number of fused-ring (bicyclic) bond motifs is 1. The van der Waals surface area contributed by atoms with Crippen LogP contribution in [-0.4, -0.2) is 44.5 Å². The van der Waals surface area contributed by atoms with Gasteiger partial charge in [-0.3, -0.25) is 9.48 Å². The Morgan fingerprint density at radius 1 is 0.947 bits per heavy atom. The summed E-state index contributed by atoms with van der Waals surface area (Å²) in [6, 6.07) is 18.8. The Morgan fingerprint density at radius 3 is 2.58 bits per heavy atom. The molecule has 0 aliphatic carbocycles. The molecule has 0 atom stereocenters. The minimum absolute atomic E-state index is 0.0210. The van der Waals surface area contributed by atoms with Crippen LogP contribution in [0.25, 0.3) is 16.7 Å². The highest BCUT2D eigenvalue weighted by molar-refractivity contribution is 6.30. The van der Waals surface area contributed by atoms with E-state index in [0.717, 1.165) is 27.8 Å². The molecule has 4 heterocycles. The number of anilines is 1. The Balaban J connectivity index is 1.19. The van der Waals surface area contributed by atoms with Crippen LogP contribution in [0.3, 0.4) is 0 Å². The summed E-state index contributed by atoms with van der Waals surface area (Å²) in [6.45, 7) is 1.54. The van der Waals surface area contributed by atoms with Crippen LogP contribution in [0.2, 0.25) is 5.02 Å². The fourth-order valence-corrected chi connectivity index (χ4v) is 4.40. The summed E-state index contributed by atoms with van der Waals surface area (Å²) >= 11 is 6.25. The second-order valence-corrected chi connectivity index (χ2v) is 9.09. The smallest absolute Gasteiger partial charge is 0.250 e. The fourth-order valence-electron chi connectivity index (χ4n) is 4.20. The van der Waals surface area contributed by atoms with Crippen molar-refractivity contribution < 1.29 is 0 Å². The maximum Gasteiger partial charge on any atom is 0.250 e. The van der Waals surface area contributed by atoms with Crippen molar-refractivity contribution in [1.82, 2.24) is 44.5 Å². The van der Waals surface area contributed by atoms with Crippen molar-refractivity contribution in [2.24, 2.45) is 0 Å². The highest BCUT2D eigenvalue weighted by Gasteiger charge is 2.12. The second-order valence-electron chi connectivity index (χ2n) is 8.65. The molecule has 0 unspecified atom stereocenters. The van der Waals surface area contributed by atoms with Gasteiger partial charge in [0.2, 0.25) is 0 Å². The molecule has 12 heteroatoms. The standard InChI is InChI=1S/C26H21ClN10O/c27-21-8-9-23(37-17-31-33-34-37)20(11-21)12-28-25-22-15-36(32-26(22)30-16-29-25)14-19-6-4-18(5-7-19)13-35-10-2-1-3-24(35)38/h1-11,15-17H,12-14H2,(H,28,29,30,32). The van der Waals surface area contributed by atoms with Gasteiger partial charge < -0.3 is 9.88 Å². The summed E-state index contributed by atoms with van der Waals surface area (Å²) in [7, 11) is 0. The molecule has 0 saturated heterocycles. The van der Waals surface area contributed by atoms with Crippen LogP contribution in [0.1, 0.15) is 16.7 Å². The summed E-state index contributed by atoms with van der Waals surface area (Å²) in [6.07, 6.45) is 6.74. The van der Waals surface area contributed by atoms with Crippen LogP contribution in [0.4, 0.5) is 5.82 Å². The van der Waals surface area contributed by atoms with Gasteiger partial charge in [0.1, 0.15) is 18.5 Å². The average Bonchev–Trinajstić information content (AvgIpc) is 3.60. The quantitative estimate of drug-likeness (QED) is 0.322. The van der Waals surface area contributed by atoms with Gasteiger partial charge in [-0.15, -0.1) is 5.10 Å². The first-order valence-electron chi connectivity index (χ1n) is 11.8. The van der Waals surface area contributed by atoms with Crippen molar-refractivity contribution in [2.75, 3.05) is 5.32 Å². The van der Waals surface area contributed by atoms with E-state index in [4.69, 9.17) is 11.6 Å². The zero-order valence-electron chi connectivity index (χ0n) is 20.0. The highest BCUT2D eigenvalue weighted by Crippen LogP contribution is 2.23. The molecule has 0 radical (unpaired) electrons. The molecule has 0 bridgehead atoms. The van der Waals surface area contributed by atoms with Crippen LogP contribution in [0.15, 0.2) is 90.5 Å². The topological polar surface area (TPSA) is 121 Å². The first-order valence-corrected chi connectivity index (χ1v) is 12.2. The van der Waals surface area contributed by atoms with E-state index >= 15 is 0 Å². The van der Waals surface area contributed by atoms with Gasteiger partial charge in [-0.05, 0) is 51.4 Å². The third-order valence-corrected chi connectivity index (χ3v) is 6.30. The molecular weight excluding hydrogens is 504 g/mol. The van der Waals surface area contributed by atoms with Crippen molar-refractivity contribution in [3.8, 4) is 5.69 Å². The zero-order chi connectivity index (χ0) is 25.9. The minimum Gasteiger partial charge on any atom is -0.365 e. The normalized spacial score (nSPS) is 11.2. The molecule has 6 rings (SSSR count). The molecule has 0 fully saturated rings. The van der Waals surface area contributed by atoms with E-state index < -0.39 is 0 Å². The molecule has 1 N–H and O–H groups in total. The van der Waals surface area contributed by atoms with Crippen molar-refractivity contribution in [1.29, 1.82) is 0 Å². The third-order valence-electron chi connectivity index (χ3n) is 6.07. The Bertz CT molecular complexity index is 1760. The maximum atomic E-state index is 12.0. The average molecular weight is 525 g/mol. The van der Waals surface area contributed by atoms with E-state index in [2.05, 4.69) is 35.9 Å². The van der Waals surface area contributed by atoms with Crippen LogP contribution in [-0.2, 0) is 19.6 Å². The first kappa shape index (κ1) is 23.5. The largest absolute Gasteiger partial charge is 0.365 e. The van der Waals surface area contributed by atoms with Crippen LogP contribution >= 0.6 is 11.6 Å². The summed E-state index contributed by atoms with van der Waals surface area (Å²) in [5.74, 6) is 0.660. The zero-order valence-corrected chi connectivity index (χ0v) is 20.8. The molecular formula is C26H21ClN10O. The van der Waals surface area contributed by atoms with E-state index in [1.54, 1.807) is 33.6 Å². The number of pyridine rings is 1. The van der Waals surface area contributed by atoms with Crippen molar-refractivity contribution >= 4 is 28.5 Å². The number of hydrogen-bond donors (Lipinski definition) is 1. The first-order chi connectivity index (χ1) is 18.6. The van der Waals surface area contributed by atoms with Crippen LogP contribution in [0.5, 0.6) is 0 Å². The molecule has 0 aliphatic rings. The van der Waals surface area contributed by atoms with E-state index in [1.807, 2.05) is 53.3 Å². The Kier molecular flexibility index (Phi) is 6.32. The Hall–Kier alpha value is -4.90. The number of nitrogens with one attached hydrogen (secondary N) is 1. The minimum atomic E-state index is -0.0210. The maximum absolute atomic E-state index is 12.0. The summed E-state index contributed by atoms with van der Waals surface area (Å²) in [4.78, 5) is 20.7. The van der Waals surface area contributed by atoms with Crippen molar-refractivity contribution in [3.05, 3.63) is 118 Å². The predicted octanol–water partition coefficient (Wildman–Crippen LogP) is 3.33. The van der Waals surface area contributed by atoms with E-state index in [-0.39, 0.29) is 5.56 Å². The molecule has 2 aromatic carbocycles. The van der Waals surface area contributed by atoms with Gasteiger partial charge >= 0.3 is 0 Å².